The number of hydrogen-bond donors (Lipinski definition) is 1. The highest BCUT2D eigenvalue weighted by Gasteiger charge is 2.21. The number of hydrogen-bond acceptors (Lipinski definition) is 3. The third-order valence-corrected chi connectivity index (χ3v) is 4.00. The fourth-order valence-electron chi connectivity index (χ4n) is 2.77. The van der Waals surface area contributed by atoms with E-state index in [1.54, 1.807) is 46.1 Å². The largest absolute Gasteiger partial charge is 0.366 e. The van der Waals surface area contributed by atoms with Crippen molar-refractivity contribution < 1.29 is 9.59 Å². The highest BCUT2D eigenvalue weighted by molar-refractivity contribution is 6.05. The van der Waals surface area contributed by atoms with Crippen LogP contribution in [0.4, 0.5) is 5.69 Å². The van der Waals surface area contributed by atoms with E-state index in [2.05, 4.69) is 5.10 Å². The molecular weight excluding hydrogens is 292 g/mol. The summed E-state index contributed by atoms with van der Waals surface area (Å²) >= 11 is 0. The molecule has 6 heteroatoms. The van der Waals surface area contributed by atoms with Gasteiger partial charge in [0.1, 0.15) is 0 Å². The average molecular weight is 310 g/mol. The van der Waals surface area contributed by atoms with Crippen LogP contribution >= 0.6 is 0 Å². The third-order valence-electron chi connectivity index (χ3n) is 4.00. The number of nitrogens with two attached hydrogens (primary N) is 1. The molecule has 2 heterocycles. The average Bonchev–Trinajstić information content (AvgIpc) is 2.96. The SMILES string of the molecule is Cn1nccc1/C=C/C(=O)N1CCCc2cc(C(N)=O)ccc21. The lowest BCUT2D eigenvalue weighted by Crippen LogP contribution is -2.34. The molecule has 2 N–H and O–H groups in total. The standard InChI is InChI=1S/C17H18N4O2/c1-20-14(8-9-19-20)5-7-16(22)21-10-2-3-12-11-13(17(18)23)4-6-15(12)21/h4-9,11H,2-3,10H2,1H3,(H2,18,23)/b7-5+. The topological polar surface area (TPSA) is 81.2 Å². The lowest BCUT2D eigenvalue weighted by molar-refractivity contribution is -0.114. The summed E-state index contributed by atoms with van der Waals surface area (Å²) in [7, 11) is 1.83. The molecule has 1 aromatic heterocycles. The van der Waals surface area contributed by atoms with E-state index in [1.807, 2.05) is 13.1 Å². The van der Waals surface area contributed by atoms with E-state index in [-0.39, 0.29) is 5.91 Å². The van der Waals surface area contributed by atoms with Crippen LogP contribution in [0, 0.1) is 0 Å². The molecule has 118 valence electrons. The van der Waals surface area contributed by atoms with Crippen molar-refractivity contribution in [3.8, 4) is 0 Å². The minimum absolute atomic E-state index is 0.0843. The van der Waals surface area contributed by atoms with Gasteiger partial charge < -0.3 is 10.6 Å². The first kappa shape index (κ1) is 15.0. The van der Waals surface area contributed by atoms with Crippen molar-refractivity contribution in [2.24, 2.45) is 12.8 Å². The van der Waals surface area contributed by atoms with Gasteiger partial charge in [0, 0.05) is 37.1 Å². The van der Waals surface area contributed by atoms with Crippen molar-refractivity contribution in [3.05, 3.63) is 53.4 Å². The number of anilines is 1. The summed E-state index contributed by atoms with van der Waals surface area (Å²) in [6.07, 6.45) is 6.69. The van der Waals surface area contributed by atoms with Gasteiger partial charge in [-0.1, -0.05) is 0 Å². The van der Waals surface area contributed by atoms with E-state index < -0.39 is 5.91 Å². The van der Waals surface area contributed by atoms with E-state index in [1.165, 1.54) is 0 Å². The summed E-state index contributed by atoms with van der Waals surface area (Å²) in [6, 6.07) is 7.08. The number of amides is 2. The quantitative estimate of drug-likeness (QED) is 0.873. The molecule has 0 unspecified atom stereocenters. The monoisotopic (exact) mass is 310 g/mol. The van der Waals surface area contributed by atoms with Gasteiger partial charge in [-0.15, -0.1) is 0 Å². The van der Waals surface area contributed by atoms with Gasteiger partial charge in [-0.3, -0.25) is 14.3 Å². The zero-order chi connectivity index (χ0) is 16.4. The number of fused-ring (bicyclic) bond motifs is 1. The van der Waals surface area contributed by atoms with Gasteiger partial charge in [0.05, 0.1) is 5.69 Å². The molecule has 0 fully saturated rings. The zero-order valence-corrected chi connectivity index (χ0v) is 12.9. The Morgan fingerprint density at radius 1 is 1.30 bits per heavy atom. The second-order valence-electron chi connectivity index (χ2n) is 5.51. The number of benzene rings is 1. The first-order valence-corrected chi connectivity index (χ1v) is 7.46. The fraction of sp³-hybridized carbons (Fsp3) is 0.235. The van der Waals surface area contributed by atoms with Gasteiger partial charge in [0.2, 0.25) is 5.91 Å². The van der Waals surface area contributed by atoms with Gasteiger partial charge in [0.25, 0.3) is 5.91 Å². The maximum Gasteiger partial charge on any atom is 0.251 e. The lowest BCUT2D eigenvalue weighted by Gasteiger charge is -2.28. The number of aromatic nitrogens is 2. The molecule has 1 aromatic carbocycles. The summed E-state index contributed by atoms with van der Waals surface area (Å²) in [5.41, 5.74) is 8.48. The van der Waals surface area contributed by atoms with Gasteiger partial charge >= 0.3 is 0 Å². The molecule has 2 amide bonds. The maximum absolute atomic E-state index is 12.5. The molecule has 1 aliphatic rings. The van der Waals surface area contributed by atoms with E-state index in [9.17, 15) is 9.59 Å². The first-order valence-electron chi connectivity index (χ1n) is 7.46. The Morgan fingerprint density at radius 3 is 2.83 bits per heavy atom. The summed E-state index contributed by atoms with van der Waals surface area (Å²) in [5.74, 6) is -0.536. The van der Waals surface area contributed by atoms with E-state index >= 15 is 0 Å². The van der Waals surface area contributed by atoms with Crippen molar-refractivity contribution in [2.45, 2.75) is 12.8 Å². The van der Waals surface area contributed by atoms with Crippen LogP contribution < -0.4 is 10.6 Å². The minimum Gasteiger partial charge on any atom is -0.366 e. The second kappa shape index (κ2) is 6.08. The molecule has 0 aliphatic carbocycles. The molecule has 23 heavy (non-hydrogen) atoms. The number of carbonyl (C=O) groups is 2. The molecule has 0 spiro atoms. The number of carbonyl (C=O) groups excluding carboxylic acids is 2. The summed E-state index contributed by atoms with van der Waals surface area (Å²) in [5, 5.41) is 4.07. The van der Waals surface area contributed by atoms with E-state index in [0.29, 0.717) is 12.1 Å². The van der Waals surface area contributed by atoms with Crippen molar-refractivity contribution >= 4 is 23.6 Å². The smallest absolute Gasteiger partial charge is 0.251 e. The molecule has 0 saturated carbocycles. The van der Waals surface area contributed by atoms with E-state index in [0.717, 1.165) is 29.8 Å². The highest BCUT2D eigenvalue weighted by Crippen LogP contribution is 2.28. The fourth-order valence-corrected chi connectivity index (χ4v) is 2.77. The second-order valence-corrected chi connectivity index (χ2v) is 5.51. The normalized spacial score (nSPS) is 14.0. The number of primary amides is 1. The predicted molar refractivity (Wildman–Crippen MR) is 87.9 cm³/mol. The van der Waals surface area contributed by atoms with Crippen LogP contribution in [0.25, 0.3) is 6.08 Å². The van der Waals surface area contributed by atoms with Crippen LogP contribution in [-0.4, -0.2) is 28.1 Å². The molecule has 6 nitrogen and oxygen atoms in total. The molecule has 0 atom stereocenters. The Hall–Kier alpha value is -2.89. The Balaban J connectivity index is 1.85. The van der Waals surface area contributed by atoms with Crippen LogP contribution in [0.15, 0.2) is 36.5 Å². The maximum atomic E-state index is 12.5. The van der Waals surface area contributed by atoms with Gasteiger partial charge in [-0.05, 0) is 48.7 Å². The molecule has 0 saturated heterocycles. The highest BCUT2D eigenvalue weighted by atomic mass is 16.2. The number of nitrogens with zero attached hydrogens (tertiary/aromatic N) is 3. The summed E-state index contributed by atoms with van der Waals surface area (Å²) in [6.45, 7) is 0.664. The third kappa shape index (κ3) is 3.01. The van der Waals surface area contributed by atoms with Crippen LogP contribution in [0.1, 0.15) is 28.0 Å². The van der Waals surface area contributed by atoms with Gasteiger partial charge in [-0.25, -0.2) is 0 Å². The number of aryl methyl sites for hydroxylation is 2. The Labute approximate surface area is 134 Å². The molecule has 0 bridgehead atoms. The molecular formula is C17H18N4O2. The molecule has 0 radical (unpaired) electrons. The van der Waals surface area contributed by atoms with Gasteiger partial charge in [0.15, 0.2) is 0 Å². The van der Waals surface area contributed by atoms with Crippen LogP contribution in [0.2, 0.25) is 0 Å². The number of rotatable bonds is 3. The predicted octanol–water partition coefficient (Wildman–Crippen LogP) is 1.51. The lowest BCUT2D eigenvalue weighted by atomic mass is 9.99. The van der Waals surface area contributed by atoms with Crippen LogP contribution in [-0.2, 0) is 18.3 Å². The Morgan fingerprint density at radius 2 is 2.13 bits per heavy atom. The van der Waals surface area contributed by atoms with Crippen molar-refractivity contribution in [1.29, 1.82) is 0 Å². The molecule has 1 aliphatic heterocycles. The van der Waals surface area contributed by atoms with Crippen LogP contribution in [0.5, 0.6) is 0 Å². The van der Waals surface area contributed by atoms with E-state index in [4.69, 9.17) is 5.73 Å². The Kier molecular flexibility index (Phi) is 3.97. The minimum atomic E-state index is -0.452. The van der Waals surface area contributed by atoms with Crippen molar-refractivity contribution in [1.82, 2.24) is 9.78 Å². The summed E-state index contributed by atoms with van der Waals surface area (Å²) in [4.78, 5) is 25.5. The first-order chi connectivity index (χ1) is 11.1. The van der Waals surface area contributed by atoms with Crippen molar-refractivity contribution in [3.63, 3.8) is 0 Å². The van der Waals surface area contributed by atoms with Crippen LogP contribution in [0.3, 0.4) is 0 Å². The van der Waals surface area contributed by atoms with Crippen molar-refractivity contribution in [2.75, 3.05) is 11.4 Å². The summed E-state index contributed by atoms with van der Waals surface area (Å²) < 4.78 is 1.70. The van der Waals surface area contributed by atoms with Gasteiger partial charge in [-0.2, -0.15) is 5.10 Å². The Bertz CT molecular complexity index is 792. The zero-order valence-electron chi connectivity index (χ0n) is 12.9. The molecule has 3 rings (SSSR count). The molecule has 2 aromatic rings.